The average molecular weight is 504 g/mol. The van der Waals surface area contributed by atoms with Crippen molar-refractivity contribution >= 4 is 35.0 Å². The maximum atomic E-state index is 13.9. The molecule has 1 fully saturated rings. The molecule has 0 saturated heterocycles. The van der Waals surface area contributed by atoms with Gasteiger partial charge in [-0.15, -0.1) is 0 Å². The number of amides is 3. The van der Waals surface area contributed by atoms with Gasteiger partial charge in [0.1, 0.15) is 11.2 Å². The highest BCUT2D eigenvalue weighted by atomic mass is 35.5. The predicted octanol–water partition coefficient (Wildman–Crippen LogP) is 3.43. The Balaban J connectivity index is 1.30. The summed E-state index contributed by atoms with van der Waals surface area (Å²) in [6.45, 7) is 2.81. The van der Waals surface area contributed by atoms with Gasteiger partial charge >= 0.3 is 0 Å². The highest BCUT2D eigenvalue weighted by Gasteiger charge is 2.54. The number of rotatable bonds is 5. The molecule has 3 amide bonds. The van der Waals surface area contributed by atoms with Gasteiger partial charge in [-0.05, 0) is 49.4 Å². The summed E-state index contributed by atoms with van der Waals surface area (Å²) in [5.41, 5.74) is 2.04. The normalized spacial score (nSPS) is 20.8. The Morgan fingerprint density at radius 1 is 1.14 bits per heavy atom. The number of benzene rings is 2. The van der Waals surface area contributed by atoms with Crippen molar-refractivity contribution in [2.24, 2.45) is 0 Å². The number of nitrogens with zero attached hydrogens (tertiary/aromatic N) is 4. The largest absolute Gasteiger partial charge is 0.350 e. The highest BCUT2D eigenvalue weighted by molar-refractivity contribution is 6.31. The number of nitrogens with one attached hydrogen (secondary N) is 1. The topological polar surface area (TPSA) is 87.5 Å². The first-order valence-corrected chi connectivity index (χ1v) is 12.6. The van der Waals surface area contributed by atoms with Crippen molar-refractivity contribution in [1.82, 2.24) is 19.8 Å². The van der Waals surface area contributed by atoms with E-state index in [0.717, 1.165) is 36.1 Å². The van der Waals surface area contributed by atoms with Gasteiger partial charge in [-0.3, -0.25) is 14.4 Å². The first-order chi connectivity index (χ1) is 17.4. The molecule has 0 bridgehead atoms. The second-order valence-corrected chi connectivity index (χ2v) is 10.3. The van der Waals surface area contributed by atoms with Crippen molar-refractivity contribution in [3.05, 3.63) is 82.4 Å². The number of aromatic nitrogens is 2. The Bertz CT molecular complexity index is 1400. The van der Waals surface area contributed by atoms with E-state index in [4.69, 9.17) is 11.6 Å². The van der Waals surface area contributed by atoms with Crippen LogP contribution in [-0.4, -0.2) is 50.3 Å². The zero-order valence-corrected chi connectivity index (χ0v) is 20.7. The van der Waals surface area contributed by atoms with Crippen LogP contribution in [-0.2, 0) is 24.3 Å². The minimum absolute atomic E-state index is 0.0346. The number of para-hydroxylation sites is 1. The fourth-order valence-corrected chi connectivity index (χ4v) is 5.60. The third-order valence-corrected chi connectivity index (χ3v) is 7.77. The molecule has 3 aromatic rings. The van der Waals surface area contributed by atoms with Crippen molar-refractivity contribution < 1.29 is 14.4 Å². The number of halogens is 1. The maximum absolute atomic E-state index is 13.9. The van der Waals surface area contributed by atoms with Gasteiger partial charge in [0.05, 0.1) is 12.9 Å². The van der Waals surface area contributed by atoms with E-state index in [1.165, 1.54) is 6.33 Å². The lowest BCUT2D eigenvalue weighted by atomic mass is 9.93. The van der Waals surface area contributed by atoms with Gasteiger partial charge < -0.3 is 19.7 Å². The fourth-order valence-electron chi connectivity index (χ4n) is 5.40. The SMILES string of the molecule is C[C@@]1(C(=O)NCc2ccccc2Cl)Cn2cnc(C(=O)N3CCc4ccccc43)c2C(=O)N1C1CC1. The van der Waals surface area contributed by atoms with Crippen molar-refractivity contribution in [3.8, 4) is 0 Å². The minimum atomic E-state index is -1.12. The van der Waals surface area contributed by atoms with Crippen molar-refractivity contribution in [1.29, 1.82) is 0 Å². The fraction of sp³-hybridized carbons (Fsp3) is 0.333. The third-order valence-electron chi connectivity index (χ3n) is 7.40. The summed E-state index contributed by atoms with van der Waals surface area (Å²) in [7, 11) is 0. The van der Waals surface area contributed by atoms with Gasteiger partial charge in [-0.2, -0.15) is 0 Å². The van der Waals surface area contributed by atoms with E-state index in [0.29, 0.717) is 11.6 Å². The van der Waals surface area contributed by atoms with Crippen LogP contribution in [0.2, 0.25) is 5.02 Å². The smallest absolute Gasteiger partial charge is 0.279 e. The lowest BCUT2D eigenvalue weighted by molar-refractivity contribution is -0.133. The molecular weight excluding hydrogens is 478 g/mol. The monoisotopic (exact) mass is 503 g/mol. The summed E-state index contributed by atoms with van der Waals surface area (Å²) in [5.74, 6) is -0.875. The molecule has 3 heterocycles. The minimum Gasteiger partial charge on any atom is -0.350 e. The van der Waals surface area contributed by atoms with Crippen molar-refractivity contribution in [2.45, 2.75) is 50.9 Å². The molecule has 0 unspecified atom stereocenters. The summed E-state index contributed by atoms with van der Waals surface area (Å²) < 4.78 is 1.66. The molecule has 1 aromatic heterocycles. The zero-order chi connectivity index (χ0) is 25.0. The number of imidazole rings is 1. The van der Waals surface area contributed by atoms with Gasteiger partial charge in [0.15, 0.2) is 5.69 Å². The van der Waals surface area contributed by atoms with Crippen LogP contribution in [0.3, 0.4) is 0 Å². The van der Waals surface area contributed by atoms with E-state index in [2.05, 4.69) is 10.3 Å². The van der Waals surface area contributed by atoms with E-state index < -0.39 is 5.54 Å². The predicted molar refractivity (Wildman–Crippen MR) is 135 cm³/mol. The molecule has 2 aromatic carbocycles. The Morgan fingerprint density at radius 3 is 2.67 bits per heavy atom. The number of hydrogen-bond donors (Lipinski definition) is 1. The van der Waals surface area contributed by atoms with Crippen LogP contribution in [0, 0.1) is 0 Å². The Labute approximate surface area is 213 Å². The second kappa shape index (κ2) is 8.48. The molecular formula is C27H26ClN5O3. The van der Waals surface area contributed by atoms with E-state index >= 15 is 0 Å². The van der Waals surface area contributed by atoms with Gasteiger partial charge in [0.25, 0.3) is 11.8 Å². The molecule has 1 atom stereocenters. The van der Waals surface area contributed by atoms with Crippen LogP contribution >= 0.6 is 11.6 Å². The van der Waals surface area contributed by atoms with E-state index in [1.54, 1.807) is 27.4 Å². The number of anilines is 1. The van der Waals surface area contributed by atoms with Gasteiger partial charge in [-0.1, -0.05) is 48.0 Å². The Kier molecular flexibility index (Phi) is 5.37. The maximum Gasteiger partial charge on any atom is 0.279 e. The Hall–Kier alpha value is -3.65. The van der Waals surface area contributed by atoms with Crippen LogP contribution in [0.1, 0.15) is 51.9 Å². The summed E-state index contributed by atoms with van der Waals surface area (Å²) in [5, 5.41) is 3.55. The summed E-state index contributed by atoms with van der Waals surface area (Å²) >= 11 is 6.26. The first-order valence-electron chi connectivity index (χ1n) is 12.2. The van der Waals surface area contributed by atoms with E-state index in [9.17, 15) is 14.4 Å². The molecule has 36 heavy (non-hydrogen) atoms. The molecule has 8 nitrogen and oxygen atoms in total. The number of carbonyl (C=O) groups is 3. The molecule has 6 rings (SSSR count). The summed E-state index contributed by atoms with van der Waals surface area (Å²) in [4.78, 5) is 48.7. The molecule has 1 aliphatic carbocycles. The standard InChI is InChI=1S/C27H26ClN5O3/c1-27(26(36)29-14-18-7-2-4-8-20(18)28)15-31-16-30-22(23(31)25(35)33(27)19-10-11-19)24(34)32-13-12-17-6-3-5-9-21(17)32/h2-9,16,19H,10-15H2,1H3,(H,29,36)/t27-/m0/s1. The highest BCUT2D eigenvalue weighted by Crippen LogP contribution is 2.39. The van der Waals surface area contributed by atoms with Crippen LogP contribution in [0.4, 0.5) is 5.69 Å². The lowest BCUT2D eigenvalue weighted by Crippen LogP contribution is -2.64. The molecule has 2 aliphatic heterocycles. The Morgan fingerprint density at radius 2 is 1.89 bits per heavy atom. The number of fused-ring (bicyclic) bond motifs is 2. The van der Waals surface area contributed by atoms with Gasteiger partial charge in [-0.25, -0.2) is 4.98 Å². The quantitative estimate of drug-likeness (QED) is 0.578. The summed E-state index contributed by atoms with van der Waals surface area (Å²) in [6.07, 6.45) is 3.93. The van der Waals surface area contributed by atoms with E-state index in [-0.39, 0.29) is 48.2 Å². The van der Waals surface area contributed by atoms with Gasteiger partial charge in [0.2, 0.25) is 5.91 Å². The molecule has 0 spiro atoms. The first kappa shape index (κ1) is 22.8. The van der Waals surface area contributed by atoms with Crippen molar-refractivity contribution in [3.63, 3.8) is 0 Å². The molecule has 1 N–H and O–H groups in total. The number of carbonyl (C=O) groups excluding carboxylic acids is 3. The van der Waals surface area contributed by atoms with Crippen LogP contribution in [0.15, 0.2) is 54.9 Å². The van der Waals surface area contributed by atoms with Gasteiger partial charge in [0, 0.05) is 29.8 Å². The third kappa shape index (κ3) is 3.59. The van der Waals surface area contributed by atoms with E-state index in [1.807, 2.05) is 42.5 Å². The van der Waals surface area contributed by atoms with Crippen LogP contribution in [0.5, 0.6) is 0 Å². The molecule has 184 valence electrons. The van der Waals surface area contributed by atoms with Crippen LogP contribution in [0.25, 0.3) is 0 Å². The zero-order valence-electron chi connectivity index (χ0n) is 19.9. The van der Waals surface area contributed by atoms with Crippen LogP contribution < -0.4 is 10.2 Å². The molecule has 0 radical (unpaired) electrons. The molecule has 9 heteroatoms. The molecule has 1 saturated carbocycles. The second-order valence-electron chi connectivity index (χ2n) is 9.86. The number of hydrogen-bond acceptors (Lipinski definition) is 4. The lowest BCUT2D eigenvalue weighted by Gasteiger charge is -2.44. The summed E-state index contributed by atoms with van der Waals surface area (Å²) in [6, 6.07) is 15.1. The van der Waals surface area contributed by atoms with Crippen molar-refractivity contribution in [2.75, 3.05) is 11.4 Å². The average Bonchev–Trinajstić information content (AvgIpc) is 3.45. The molecule has 3 aliphatic rings.